The predicted molar refractivity (Wildman–Crippen MR) is 103 cm³/mol. The maximum absolute atomic E-state index is 14.5. The number of benzene rings is 2. The molecule has 0 heterocycles. The monoisotopic (exact) mass is 340 g/mol. The fourth-order valence-electron chi connectivity index (χ4n) is 4.14. The average Bonchev–Trinajstić information content (AvgIpc) is 3.00. The lowest BCUT2D eigenvalue weighted by molar-refractivity contribution is 0.412. The van der Waals surface area contributed by atoms with Crippen LogP contribution in [-0.4, -0.2) is 7.11 Å². The van der Waals surface area contributed by atoms with E-state index >= 15 is 0 Å². The third-order valence-electron chi connectivity index (χ3n) is 5.26. The van der Waals surface area contributed by atoms with E-state index < -0.39 is 0 Å². The first-order valence-electron chi connectivity index (χ1n) is 9.27. The molecule has 0 aromatic heterocycles. The minimum absolute atomic E-state index is 0.0302. The van der Waals surface area contributed by atoms with Crippen LogP contribution >= 0.6 is 0 Å². The molecule has 0 saturated heterocycles. The van der Waals surface area contributed by atoms with E-state index in [0.717, 1.165) is 24.0 Å². The van der Waals surface area contributed by atoms with E-state index in [1.807, 2.05) is 19.9 Å². The molecule has 0 aliphatic heterocycles. The highest BCUT2D eigenvalue weighted by atomic mass is 19.1. The van der Waals surface area contributed by atoms with Crippen molar-refractivity contribution in [3.8, 4) is 16.9 Å². The zero-order valence-corrected chi connectivity index (χ0v) is 16.3. The summed E-state index contributed by atoms with van der Waals surface area (Å²) in [7, 11) is 1.62. The summed E-state index contributed by atoms with van der Waals surface area (Å²) in [6.45, 7) is 10.9. The Labute approximate surface area is 151 Å². The summed E-state index contributed by atoms with van der Waals surface area (Å²) < 4.78 is 20.0. The third kappa shape index (κ3) is 3.19. The van der Waals surface area contributed by atoms with Crippen LogP contribution < -0.4 is 4.74 Å². The maximum atomic E-state index is 14.5. The summed E-state index contributed by atoms with van der Waals surface area (Å²) in [5.41, 5.74) is 7.32. The lowest BCUT2D eigenvalue weighted by Crippen LogP contribution is -2.16. The Morgan fingerprint density at radius 2 is 1.76 bits per heavy atom. The van der Waals surface area contributed by atoms with Gasteiger partial charge in [-0.05, 0) is 64.5 Å². The minimum atomic E-state index is -0.186. The van der Waals surface area contributed by atoms with E-state index in [1.54, 1.807) is 13.2 Å². The normalized spacial score (nSPS) is 14.1. The molecule has 0 bridgehead atoms. The van der Waals surface area contributed by atoms with Gasteiger partial charge in [-0.2, -0.15) is 0 Å². The lowest BCUT2D eigenvalue weighted by atomic mass is 9.77. The van der Waals surface area contributed by atoms with Gasteiger partial charge in [-0.15, -0.1) is 0 Å². The predicted octanol–water partition coefficient (Wildman–Crippen LogP) is 6.41. The molecule has 25 heavy (non-hydrogen) atoms. The highest BCUT2D eigenvalue weighted by Gasteiger charge is 2.28. The van der Waals surface area contributed by atoms with Gasteiger partial charge >= 0.3 is 0 Å². The Morgan fingerprint density at radius 1 is 1.04 bits per heavy atom. The molecule has 0 radical (unpaired) electrons. The van der Waals surface area contributed by atoms with Crippen LogP contribution in [0.4, 0.5) is 4.39 Å². The van der Waals surface area contributed by atoms with E-state index in [9.17, 15) is 4.39 Å². The zero-order valence-electron chi connectivity index (χ0n) is 16.3. The van der Waals surface area contributed by atoms with Crippen molar-refractivity contribution in [1.82, 2.24) is 0 Å². The van der Waals surface area contributed by atoms with Gasteiger partial charge in [0.05, 0.1) is 7.11 Å². The van der Waals surface area contributed by atoms with Crippen molar-refractivity contribution in [2.24, 2.45) is 0 Å². The van der Waals surface area contributed by atoms with E-state index in [-0.39, 0.29) is 17.2 Å². The number of ether oxygens (including phenoxy) is 1. The average molecular weight is 340 g/mol. The van der Waals surface area contributed by atoms with Crippen molar-refractivity contribution in [2.45, 2.75) is 65.2 Å². The summed E-state index contributed by atoms with van der Waals surface area (Å²) in [5, 5.41) is 0. The summed E-state index contributed by atoms with van der Waals surface area (Å²) in [6.07, 6.45) is 3.52. The van der Waals surface area contributed by atoms with Crippen LogP contribution in [0.2, 0.25) is 0 Å². The molecule has 1 nitrogen and oxygen atoms in total. The number of rotatable bonds is 3. The SMILES string of the molecule is COc1cc(F)c(C(C)C)cc1-c1ccc2c(c1C(C)(C)C)CCC2. The van der Waals surface area contributed by atoms with Gasteiger partial charge in [0.15, 0.2) is 0 Å². The van der Waals surface area contributed by atoms with Crippen molar-refractivity contribution in [2.75, 3.05) is 7.11 Å². The molecular formula is C23H29FO. The van der Waals surface area contributed by atoms with Gasteiger partial charge in [-0.25, -0.2) is 4.39 Å². The second kappa shape index (κ2) is 6.48. The van der Waals surface area contributed by atoms with Crippen LogP contribution in [0.5, 0.6) is 5.75 Å². The molecule has 1 aliphatic carbocycles. The molecule has 0 spiro atoms. The molecular weight excluding hydrogens is 311 g/mol. The van der Waals surface area contributed by atoms with Crippen LogP contribution in [0.1, 0.15) is 69.2 Å². The van der Waals surface area contributed by atoms with Gasteiger partial charge < -0.3 is 4.74 Å². The number of hydrogen-bond acceptors (Lipinski definition) is 1. The van der Waals surface area contributed by atoms with Crippen molar-refractivity contribution in [3.05, 3.63) is 52.3 Å². The minimum Gasteiger partial charge on any atom is -0.496 e. The molecule has 2 aromatic rings. The third-order valence-corrected chi connectivity index (χ3v) is 5.26. The number of hydrogen-bond donors (Lipinski definition) is 0. The van der Waals surface area contributed by atoms with Crippen LogP contribution in [0.25, 0.3) is 11.1 Å². The number of halogens is 1. The Hall–Kier alpha value is -1.83. The Kier molecular flexibility index (Phi) is 4.66. The second-order valence-corrected chi connectivity index (χ2v) is 8.46. The van der Waals surface area contributed by atoms with Gasteiger partial charge in [0.25, 0.3) is 0 Å². The second-order valence-electron chi connectivity index (χ2n) is 8.46. The van der Waals surface area contributed by atoms with Crippen LogP contribution in [0, 0.1) is 5.82 Å². The fourth-order valence-corrected chi connectivity index (χ4v) is 4.14. The van der Waals surface area contributed by atoms with Crippen molar-refractivity contribution < 1.29 is 9.13 Å². The summed E-state index contributed by atoms with van der Waals surface area (Å²) in [4.78, 5) is 0. The lowest BCUT2D eigenvalue weighted by Gasteiger charge is -2.28. The van der Waals surface area contributed by atoms with Gasteiger partial charge in [0, 0.05) is 11.6 Å². The fraction of sp³-hybridized carbons (Fsp3) is 0.478. The molecule has 0 N–H and O–H groups in total. The van der Waals surface area contributed by atoms with Crippen molar-refractivity contribution >= 4 is 0 Å². The molecule has 0 saturated carbocycles. The molecule has 0 atom stereocenters. The molecule has 2 aromatic carbocycles. The number of methoxy groups -OCH3 is 1. The van der Waals surface area contributed by atoms with Gasteiger partial charge in [0.2, 0.25) is 0 Å². The molecule has 2 heteroatoms. The largest absolute Gasteiger partial charge is 0.496 e. The van der Waals surface area contributed by atoms with Crippen LogP contribution in [0.3, 0.4) is 0 Å². The molecule has 0 unspecified atom stereocenters. The standard InChI is InChI=1S/C23H29FO/c1-14(2)18-12-19(21(25-6)13-20(18)24)17-11-10-15-8-7-9-16(15)22(17)23(3,4)5/h10-14H,7-9H2,1-6H3. The van der Waals surface area contributed by atoms with Crippen molar-refractivity contribution in [1.29, 1.82) is 0 Å². The summed E-state index contributed by atoms with van der Waals surface area (Å²) >= 11 is 0. The van der Waals surface area contributed by atoms with Gasteiger partial charge in [-0.1, -0.05) is 46.8 Å². The Bertz CT molecular complexity index is 797. The Balaban J connectivity index is 2.32. The molecule has 0 amide bonds. The summed E-state index contributed by atoms with van der Waals surface area (Å²) in [6, 6.07) is 8.00. The van der Waals surface area contributed by atoms with Gasteiger partial charge in [0.1, 0.15) is 11.6 Å². The van der Waals surface area contributed by atoms with Gasteiger partial charge in [-0.3, -0.25) is 0 Å². The van der Waals surface area contributed by atoms with E-state index in [0.29, 0.717) is 5.75 Å². The van der Waals surface area contributed by atoms with Crippen LogP contribution in [-0.2, 0) is 18.3 Å². The van der Waals surface area contributed by atoms with E-state index in [2.05, 4.69) is 32.9 Å². The molecule has 134 valence electrons. The molecule has 0 fully saturated rings. The smallest absolute Gasteiger partial charge is 0.130 e. The first-order valence-corrected chi connectivity index (χ1v) is 9.27. The summed E-state index contributed by atoms with van der Waals surface area (Å²) in [5.74, 6) is 0.566. The highest BCUT2D eigenvalue weighted by molar-refractivity contribution is 5.77. The van der Waals surface area contributed by atoms with Crippen LogP contribution in [0.15, 0.2) is 24.3 Å². The highest BCUT2D eigenvalue weighted by Crippen LogP contribution is 2.44. The number of fused-ring (bicyclic) bond motifs is 1. The number of aryl methyl sites for hydroxylation is 1. The molecule has 1 aliphatic rings. The van der Waals surface area contributed by atoms with Crippen molar-refractivity contribution in [3.63, 3.8) is 0 Å². The molecule has 3 rings (SSSR count). The van der Waals surface area contributed by atoms with E-state index in [4.69, 9.17) is 4.74 Å². The van der Waals surface area contributed by atoms with E-state index in [1.165, 1.54) is 28.7 Å². The first kappa shape index (κ1) is 18.0. The first-order chi connectivity index (χ1) is 11.7. The maximum Gasteiger partial charge on any atom is 0.130 e. The topological polar surface area (TPSA) is 9.23 Å². The zero-order chi connectivity index (χ0) is 18.4. The Morgan fingerprint density at radius 3 is 2.36 bits per heavy atom. The quantitative estimate of drug-likeness (QED) is 0.627.